The Morgan fingerprint density at radius 1 is 1.00 bits per heavy atom. The Morgan fingerprint density at radius 2 is 1.88 bits per heavy atom. The minimum absolute atomic E-state index is 0.635. The molecule has 0 aliphatic carbocycles. The second-order valence-electron chi connectivity index (χ2n) is 5.81. The van der Waals surface area contributed by atoms with Gasteiger partial charge in [0.2, 0.25) is 0 Å². The molecule has 0 bridgehead atoms. The molecule has 124 valence electrons. The summed E-state index contributed by atoms with van der Waals surface area (Å²) in [5.41, 5.74) is 5.38. The van der Waals surface area contributed by atoms with Gasteiger partial charge in [0, 0.05) is 22.7 Å². The maximum absolute atomic E-state index is 5.58. The first-order valence-electron chi connectivity index (χ1n) is 8.26. The number of H-pyrrole nitrogens is 1. The number of aromatic nitrogens is 4. The zero-order valence-electron chi connectivity index (χ0n) is 14.2. The molecule has 5 heteroatoms. The third-order valence-corrected chi connectivity index (χ3v) is 4.03. The van der Waals surface area contributed by atoms with Gasteiger partial charge in [0.1, 0.15) is 5.75 Å². The summed E-state index contributed by atoms with van der Waals surface area (Å²) in [6.07, 6.45) is 1.79. The summed E-state index contributed by atoms with van der Waals surface area (Å²) < 4.78 is 5.58. The average Bonchev–Trinajstić information content (AvgIpc) is 3.11. The van der Waals surface area contributed by atoms with Gasteiger partial charge in [-0.3, -0.25) is 10.1 Å². The first-order valence-corrected chi connectivity index (χ1v) is 8.26. The van der Waals surface area contributed by atoms with Crippen LogP contribution in [0.5, 0.6) is 5.75 Å². The van der Waals surface area contributed by atoms with Crippen LogP contribution >= 0.6 is 0 Å². The zero-order valence-corrected chi connectivity index (χ0v) is 14.2. The fourth-order valence-corrected chi connectivity index (χ4v) is 2.86. The van der Waals surface area contributed by atoms with Crippen LogP contribution in [0.25, 0.3) is 33.5 Å². The second kappa shape index (κ2) is 6.36. The molecule has 0 atom stereocenters. The summed E-state index contributed by atoms with van der Waals surface area (Å²) in [4.78, 5) is 9.38. The fraction of sp³-hybridized carbons (Fsp3) is 0.150. The van der Waals surface area contributed by atoms with Crippen molar-refractivity contribution in [3.05, 3.63) is 60.4 Å². The Labute approximate surface area is 145 Å². The van der Waals surface area contributed by atoms with Gasteiger partial charge in [-0.05, 0) is 44.2 Å². The van der Waals surface area contributed by atoms with Gasteiger partial charge < -0.3 is 4.74 Å². The van der Waals surface area contributed by atoms with E-state index in [4.69, 9.17) is 9.72 Å². The van der Waals surface area contributed by atoms with Crippen LogP contribution in [0.2, 0.25) is 0 Å². The van der Waals surface area contributed by atoms with Gasteiger partial charge in [0.25, 0.3) is 0 Å². The van der Waals surface area contributed by atoms with Crippen molar-refractivity contribution in [1.82, 2.24) is 20.2 Å². The van der Waals surface area contributed by atoms with Crippen molar-refractivity contribution in [3.63, 3.8) is 0 Å². The van der Waals surface area contributed by atoms with E-state index < -0.39 is 0 Å². The second-order valence-corrected chi connectivity index (χ2v) is 5.81. The molecule has 25 heavy (non-hydrogen) atoms. The molecule has 0 radical (unpaired) electrons. The van der Waals surface area contributed by atoms with Crippen LogP contribution in [0.3, 0.4) is 0 Å². The van der Waals surface area contributed by atoms with Crippen LogP contribution in [0.15, 0.2) is 54.7 Å². The molecular formula is C20H18N4O. The molecule has 5 nitrogen and oxygen atoms in total. The quantitative estimate of drug-likeness (QED) is 0.602. The highest BCUT2D eigenvalue weighted by Gasteiger charge is 2.13. The molecule has 3 aromatic heterocycles. The predicted octanol–water partition coefficient (Wildman–Crippen LogP) is 4.39. The van der Waals surface area contributed by atoms with E-state index in [2.05, 4.69) is 21.2 Å². The summed E-state index contributed by atoms with van der Waals surface area (Å²) in [6.45, 7) is 4.58. The minimum Gasteiger partial charge on any atom is -0.494 e. The van der Waals surface area contributed by atoms with Gasteiger partial charge in [-0.1, -0.05) is 12.1 Å². The summed E-state index contributed by atoms with van der Waals surface area (Å²) >= 11 is 0. The molecule has 4 aromatic rings. The summed E-state index contributed by atoms with van der Waals surface area (Å²) in [6, 6.07) is 16.0. The Balaban J connectivity index is 1.81. The normalized spacial score (nSPS) is 11.0. The molecule has 3 heterocycles. The third-order valence-electron chi connectivity index (χ3n) is 4.03. The number of nitrogens with zero attached hydrogens (tertiary/aromatic N) is 3. The highest BCUT2D eigenvalue weighted by Crippen LogP contribution is 2.30. The smallest absolute Gasteiger partial charge is 0.121 e. The van der Waals surface area contributed by atoms with E-state index in [-0.39, 0.29) is 0 Å². The molecule has 4 rings (SSSR count). The maximum atomic E-state index is 5.58. The molecular weight excluding hydrogens is 312 g/mol. The number of hydrogen-bond donors (Lipinski definition) is 1. The number of aromatic amines is 1. The number of hydrogen-bond acceptors (Lipinski definition) is 4. The number of ether oxygens (including phenoxy) is 1. The molecule has 0 aliphatic rings. The number of rotatable bonds is 4. The highest BCUT2D eigenvalue weighted by atomic mass is 16.5. The summed E-state index contributed by atoms with van der Waals surface area (Å²) in [7, 11) is 0. The van der Waals surface area contributed by atoms with Crippen LogP contribution in [0.4, 0.5) is 0 Å². The number of aryl methyl sites for hydroxylation is 1. The first-order chi connectivity index (χ1) is 12.2. The van der Waals surface area contributed by atoms with Gasteiger partial charge in [0.05, 0.1) is 35.4 Å². The molecule has 0 fully saturated rings. The van der Waals surface area contributed by atoms with Crippen molar-refractivity contribution in [2.24, 2.45) is 0 Å². The SMILES string of the molecule is CCOc1ccc2ccc(-c3cn[nH]c3-c3cccc(C)n3)nc2c1. The van der Waals surface area contributed by atoms with Crippen molar-refractivity contribution in [3.8, 4) is 28.4 Å². The maximum Gasteiger partial charge on any atom is 0.121 e. The van der Waals surface area contributed by atoms with Crippen LogP contribution in [0.1, 0.15) is 12.6 Å². The lowest BCUT2D eigenvalue weighted by atomic mass is 10.1. The Hall–Kier alpha value is -3.21. The van der Waals surface area contributed by atoms with E-state index in [9.17, 15) is 0 Å². The Kier molecular flexibility index (Phi) is 3.90. The molecule has 0 saturated heterocycles. The number of pyridine rings is 2. The van der Waals surface area contributed by atoms with Gasteiger partial charge in [-0.15, -0.1) is 0 Å². The topological polar surface area (TPSA) is 63.7 Å². The van der Waals surface area contributed by atoms with E-state index in [1.807, 2.05) is 56.3 Å². The van der Waals surface area contributed by atoms with Crippen molar-refractivity contribution in [2.75, 3.05) is 6.61 Å². The van der Waals surface area contributed by atoms with E-state index >= 15 is 0 Å². The predicted molar refractivity (Wildman–Crippen MR) is 98.5 cm³/mol. The third kappa shape index (κ3) is 2.96. The van der Waals surface area contributed by atoms with E-state index in [0.29, 0.717) is 6.61 Å². The zero-order chi connectivity index (χ0) is 17.2. The molecule has 0 unspecified atom stereocenters. The van der Waals surface area contributed by atoms with Crippen LogP contribution in [0, 0.1) is 6.92 Å². The Morgan fingerprint density at radius 3 is 2.72 bits per heavy atom. The van der Waals surface area contributed by atoms with Crippen LogP contribution in [-0.2, 0) is 0 Å². The van der Waals surface area contributed by atoms with Gasteiger partial charge in [0.15, 0.2) is 0 Å². The average molecular weight is 330 g/mol. The van der Waals surface area contributed by atoms with Crippen molar-refractivity contribution < 1.29 is 4.74 Å². The monoisotopic (exact) mass is 330 g/mol. The molecule has 1 aromatic carbocycles. The summed E-state index contributed by atoms with van der Waals surface area (Å²) in [5, 5.41) is 8.33. The number of fused-ring (bicyclic) bond motifs is 1. The van der Waals surface area contributed by atoms with E-state index in [1.54, 1.807) is 6.20 Å². The van der Waals surface area contributed by atoms with Crippen LogP contribution in [-0.4, -0.2) is 26.8 Å². The van der Waals surface area contributed by atoms with Crippen LogP contribution < -0.4 is 4.74 Å². The minimum atomic E-state index is 0.635. The largest absolute Gasteiger partial charge is 0.494 e. The van der Waals surface area contributed by atoms with Gasteiger partial charge in [-0.25, -0.2) is 4.98 Å². The lowest BCUT2D eigenvalue weighted by Crippen LogP contribution is -1.93. The van der Waals surface area contributed by atoms with Gasteiger partial charge >= 0.3 is 0 Å². The standard InChI is InChI=1S/C20H18N4O/c1-3-25-15-9-7-14-8-10-17(23-19(14)11-15)16-12-21-24-20(16)18-6-4-5-13(2)22-18/h4-12H,3H2,1-2H3,(H,21,24). The number of nitrogens with one attached hydrogen (secondary N) is 1. The summed E-state index contributed by atoms with van der Waals surface area (Å²) in [5.74, 6) is 0.826. The molecule has 0 saturated carbocycles. The van der Waals surface area contributed by atoms with Crippen molar-refractivity contribution in [1.29, 1.82) is 0 Å². The lowest BCUT2D eigenvalue weighted by Gasteiger charge is -2.07. The number of benzene rings is 1. The molecule has 0 aliphatic heterocycles. The van der Waals surface area contributed by atoms with Crippen molar-refractivity contribution in [2.45, 2.75) is 13.8 Å². The highest BCUT2D eigenvalue weighted by molar-refractivity contribution is 5.85. The first kappa shape index (κ1) is 15.3. The molecule has 0 amide bonds. The lowest BCUT2D eigenvalue weighted by molar-refractivity contribution is 0.340. The van der Waals surface area contributed by atoms with Crippen molar-refractivity contribution >= 4 is 10.9 Å². The molecule has 0 spiro atoms. The van der Waals surface area contributed by atoms with E-state index in [1.165, 1.54) is 0 Å². The van der Waals surface area contributed by atoms with Gasteiger partial charge in [-0.2, -0.15) is 5.10 Å². The van der Waals surface area contributed by atoms with E-state index in [0.717, 1.165) is 45.0 Å². The Bertz CT molecular complexity index is 1040. The fourth-order valence-electron chi connectivity index (χ4n) is 2.86. The molecule has 1 N–H and O–H groups in total.